The molecule has 0 aliphatic heterocycles. The molecule has 20 heavy (non-hydrogen) atoms. The Morgan fingerprint density at radius 2 is 1.70 bits per heavy atom. The van der Waals surface area contributed by atoms with E-state index in [1.165, 1.54) is 21.3 Å². The maximum atomic E-state index is 12.4. The molecule has 0 spiro atoms. The number of hydrogen-bond donors (Lipinski definition) is 2. The van der Waals surface area contributed by atoms with Gasteiger partial charge in [-0.2, -0.15) is 0 Å². The van der Waals surface area contributed by atoms with E-state index >= 15 is 0 Å². The van der Waals surface area contributed by atoms with Gasteiger partial charge in [0.2, 0.25) is 0 Å². The number of nitrogens with two attached hydrogens (primary N) is 1. The summed E-state index contributed by atoms with van der Waals surface area (Å²) in [7, 11) is 4.56. The lowest BCUT2D eigenvalue weighted by Crippen LogP contribution is -2.42. The van der Waals surface area contributed by atoms with E-state index in [0.717, 1.165) is 12.8 Å². The highest BCUT2D eigenvalue weighted by Crippen LogP contribution is 2.37. The quantitative estimate of drug-likeness (QED) is 0.810. The first kappa shape index (κ1) is 14.5. The molecule has 1 aliphatic carbocycles. The third-order valence-electron chi connectivity index (χ3n) is 3.57. The van der Waals surface area contributed by atoms with E-state index in [2.05, 4.69) is 5.32 Å². The molecule has 6 nitrogen and oxygen atoms in total. The van der Waals surface area contributed by atoms with Crippen LogP contribution in [0.15, 0.2) is 12.1 Å². The molecule has 1 aliphatic rings. The van der Waals surface area contributed by atoms with Crippen LogP contribution in [0.25, 0.3) is 0 Å². The van der Waals surface area contributed by atoms with Crippen molar-refractivity contribution in [2.45, 2.75) is 18.4 Å². The molecule has 1 fully saturated rings. The number of nitrogens with one attached hydrogen (secondary N) is 1. The van der Waals surface area contributed by atoms with Gasteiger partial charge >= 0.3 is 0 Å². The number of hydrogen-bond acceptors (Lipinski definition) is 5. The highest BCUT2D eigenvalue weighted by molar-refractivity contribution is 5.98. The number of methoxy groups -OCH3 is 3. The lowest BCUT2D eigenvalue weighted by atomic mass is 10.1. The van der Waals surface area contributed by atoms with E-state index < -0.39 is 0 Å². The molecule has 0 bridgehead atoms. The van der Waals surface area contributed by atoms with Gasteiger partial charge in [-0.25, -0.2) is 0 Å². The maximum Gasteiger partial charge on any atom is 0.255 e. The molecule has 1 aromatic rings. The number of carbonyl (C=O) groups excluding carboxylic acids is 1. The standard InChI is InChI=1S/C14H20N2O4/c1-18-10-7-12(20-3)11(19-2)6-9(10)13(17)16-14(8-15)4-5-14/h6-7H,4-5,8,15H2,1-3H3,(H,16,17). The first-order valence-corrected chi connectivity index (χ1v) is 6.41. The molecule has 0 unspecified atom stereocenters. The first-order chi connectivity index (χ1) is 9.59. The van der Waals surface area contributed by atoms with Gasteiger partial charge in [0.15, 0.2) is 11.5 Å². The van der Waals surface area contributed by atoms with Gasteiger partial charge in [0.25, 0.3) is 5.91 Å². The number of carbonyl (C=O) groups is 1. The van der Waals surface area contributed by atoms with E-state index in [1.54, 1.807) is 12.1 Å². The van der Waals surface area contributed by atoms with E-state index in [0.29, 0.717) is 29.4 Å². The molecule has 0 heterocycles. The lowest BCUT2D eigenvalue weighted by molar-refractivity contribution is 0.0929. The fourth-order valence-electron chi connectivity index (χ4n) is 2.05. The van der Waals surface area contributed by atoms with Crippen molar-refractivity contribution in [2.24, 2.45) is 5.73 Å². The van der Waals surface area contributed by atoms with Crippen molar-refractivity contribution in [3.05, 3.63) is 17.7 Å². The Hall–Kier alpha value is -1.95. The molecule has 1 aromatic carbocycles. The van der Waals surface area contributed by atoms with Gasteiger partial charge in [-0.15, -0.1) is 0 Å². The summed E-state index contributed by atoms with van der Waals surface area (Å²) in [5.74, 6) is 1.22. The predicted molar refractivity (Wildman–Crippen MR) is 74.6 cm³/mol. The van der Waals surface area contributed by atoms with Gasteiger partial charge in [-0.1, -0.05) is 0 Å². The Bertz CT molecular complexity index is 512. The Morgan fingerprint density at radius 1 is 1.15 bits per heavy atom. The fourth-order valence-corrected chi connectivity index (χ4v) is 2.05. The van der Waals surface area contributed by atoms with Gasteiger partial charge in [0, 0.05) is 18.7 Å². The van der Waals surface area contributed by atoms with Crippen molar-refractivity contribution < 1.29 is 19.0 Å². The number of benzene rings is 1. The van der Waals surface area contributed by atoms with E-state index in [-0.39, 0.29) is 11.4 Å². The maximum absolute atomic E-state index is 12.4. The van der Waals surface area contributed by atoms with Crippen LogP contribution in [0, 0.1) is 0 Å². The SMILES string of the molecule is COc1cc(OC)c(C(=O)NC2(CN)CC2)cc1OC. The fraction of sp³-hybridized carbons (Fsp3) is 0.500. The third kappa shape index (κ3) is 2.65. The van der Waals surface area contributed by atoms with Crippen molar-refractivity contribution in [1.29, 1.82) is 0 Å². The summed E-state index contributed by atoms with van der Waals surface area (Å²) < 4.78 is 15.7. The Balaban J connectivity index is 2.31. The van der Waals surface area contributed by atoms with Crippen LogP contribution in [-0.4, -0.2) is 39.3 Å². The number of amides is 1. The first-order valence-electron chi connectivity index (χ1n) is 6.41. The van der Waals surface area contributed by atoms with E-state index in [1.807, 2.05) is 0 Å². The zero-order valence-electron chi connectivity index (χ0n) is 12.0. The summed E-state index contributed by atoms with van der Waals surface area (Å²) in [5.41, 5.74) is 5.83. The minimum atomic E-state index is -0.255. The topological polar surface area (TPSA) is 82.8 Å². The van der Waals surface area contributed by atoms with E-state index in [4.69, 9.17) is 19.9 Å². The largest absolute Gasteiger partial charge is 0.496 e. The lowest BCUT2D eigenvalue weighted by Gasteiger charge is -2.18. The summed E-state index contributed by atoms with van der Waals surface area (Å²) in [6.07, 6.45) is 1.82. The van der Waals surface area contributed by atoms with Crippen LogP contribution in [0.4, 0.5) is 0 Å². The second-order valence-corrected chi connectivity index (χ2v) is 4.85. The second kappa shape index (κ2) is 5.58. The van der Waals surface area contributed by atoms with Crippen LogP contribution in [0.2, 0.25) is 0 Å². The second-order valence-electron chi connectivity index (χ2n) is 4.85. The zero-order chi connectivity index (χ0) is 14.8. The van der Waals surface area contributed by atoms with Crippen molar-refractivity contribution in [3.8, 4) is 17.2 Å². The van der Waals surface area contributed by atoms with Crippen LogP contribution in [0.3, 0.4) is 0 Å². The smallest absolute Gasteiger partial charge is 0.255 e. The minimum absolute atomic E-state index is 0.217. The van der Waals surface area contributed by atoms with Crippen molar-refractivity contribution in [1.82, 2.24) is 5.32 Å². The van der Waals surface area contributed by atoms with E-state index in [9.17, 15) is 4.79 Å². The molecule has 110 valence electrons. The van der Waals surface area contributed by atoms with Crippen molar-refractivity contribution >= 4 is 5.91 Å². The highest BCUT2D eigenvalue weighted by Gasteiger charge is 2.43. The molecule has 6 heteroatoms. The molecule has 3 N–H and O–H groups in total. The predicted octanol–water partition coefficient (Wildman–Crippen LogP) is 0.933. The van der Waals surface area contributed by atoms with Crippen LogP contribution < -0.4 is 25.3 Å². The number of rotatable bonds is 6. The molecular formula is C14H20N2O4. The van der Waals surface area contributed by atoms with Gasteiger partial charge in [0.05, 0.1) is 32.4 Å². The van der Waals surface area contributed by atoms with Gasteiger partial charge in [0.1, 0.15) is 5.75 Å². The average Bonchev–Trinajstić information content (AvgIpc) is 3.25. The van der Waals surface area contributed by atoms with Crippen LogP contribution in [0.1, 0.15) is 23.2 Å². The van der Waals surface area contributed by atoms with Gasteiger partial charge < -0.3 is 25.3 Å². The molecular weight excluding hydrogens is 260 g/mol. The summed E-state index contributed by atoms with van der Waals surface area (Å²) in [5, 5.41) is 2.96. The molecule has 1 saturated carbocycles. The average molecular weight is 280 g/mol. The summed E-state index contributed by atoms with van der Waals surface area (Å²) in [6, 6.07) is 3.25. The van der Waals surface area contributed by atoms with Crippen molar-refractivity contribution in [2.75, 3.05) is 27.9 Å². The van der Waals surface area contributed by atoms with Gasteiger partial charge in [-0.05, 0) is 12.8 Å². The van der Waals surface area contributed by atoms with Crippen molar-refractivity contribution in [3.63, 3.8) is 0 Å². The summed E-state index contributed by atoms with van der Waals surface area (Å²) in [6.45, 7) is 0.439. The van der Waals surface area contributed by atoms with Crippen LogP contribution in [0.5, 0.6) is 17.2 Å². The monoisotopic (exact) mass is 280 g/mol. The Morgan fingerprint density at radius 3 is 2.15 bits per heavy atom. The zero-order valence-corrected chi connectivity index (χ0v) is 12.0. The Kier molecular flexibility index (Phi) is 4.04. The van der Waals surface area contributed by atoms with Gasteiger partial charge in [-0.3, -0.25) is 4.79 Å². The minimum Gasteiger partial charge on any atom is -0.496 e. The Labute approximate surface area is 118 Å². The highest BCUT2D eigenvalue weighted by atomic mass is 16.5. The molecule has 1 amide bonds. The number of ether oxygens (including phenoxy) is 3. The van der Waals surface area contributed by atoms with Crippen LogP contribution in [-0.2, 0) is 0 Å². The molecule has 0 saturated heterocycles. The molecule has 0 atom stereocenters. The summed E-state index contributed by atoms with van der Waals surface area (Å²) in [4.78, 5) is 12.4. The third-order valence-corrected chi connectivity index (χ3v) is 3.57. The summed E-state index contributed by atoms with van der Waals surface area (Å²) >= 11 is 0. The van der Waals surface area contributed by atoms with Crippen LogP contribution >= 0.6 is 0 Å². The normalized spacial score (nSPS) is 15.4. The molecule has 0 aromatic heterocycles. The molecule has 0 radical (unpaired) electrons. The molecule has 2 rings (SSSR count).